The molecule has 0 spiro atoms. The minimum Gasteiger partial charge on any atom is -0.397 e. The summed E-state index contributed by atoms with van der Waals surface area (Å²) in [6.45, 7) is 0.771. The SMILES string of the molecule is Nc1cccc(Cl)c1N1CCc2ccc(F)cc21. The zero-order valence-electron chi connectivity index (χ0n) is 9.66. The summed E-state index contributed by atoms with van der Waals surface area (Å²) < 4.78 is 13.4. The van der Waals surface area contributed by atoms with Gasteiger partial charge in [0, 0.05) is 12.2 Å². The molecule has 0 unspecified atom stereocenters. The van der Waals surface area contributed by atoms with Crippen molar-refractivity contribution >= 4 is 28.7 Å². The van der Waals surface area contributed by atoms with Gasteiger partial charge in [-0.25, -0.2) is 4.39 Å². The van der Waals surface area contributed by atoms with E-state index in [4.69, 9.17) is 17.3 Å². The van der Waals surface area contributed by atoms with Gasteiger partial charge < -0.3 is 10.6 Å². The second-order valence-electron chi connectivity index (χ2n) is 4.35. The van der Waals surface area contributed by atoms with Crippen LogP contribution < -0.4 is 10.6 Å². The van der Waals surface area contributed by atoms with Gasteiger partial charge in [-0.3, -0.25) is 0 Å². The fraction of sp³-hybridized carbons (Fsp3) is 0.143. The largest absolute Gasteiger partial charge is 0.397 e. The molecule has 4 heteroatoms. The zero-order chi connectivity index (χ0) is 12.7. The highest BCUT2D eigenvalue weighted by atomic mass is 35.5. The maximum atomic E-state index is 13.4. The topological polar surface area (TPSA) is 29.3 Å². The van der Waals surface area contributed by atoms with E-state index in [-0.39, 0.29) is 5.82 Å². The van der Waals surface area contributed by atoms with Gasteiger partial charge in [-0.2, -0.15) is 0 Å². The van der Waals surface area contributed by atoms with E-state index in [9.17, 15) is 4.39 Å². The van der Waals surface area contributed by atoms with Crippen molar-refractivity contribution in [1.82, 2.24) is 0 Å². The van der Waals surface area contributed by atoms with Crippen LogP contribution in [0.3, 0.4) is 0 Å². The molecule has 1 aliphatic rings. The molecule has 92 valence electrons. The van der Waals surface area contributed by atoms with Crippen LogP contribution in [0, 0.1) is 5.82 Å². The lowest BCUT2D eigenvalue weighted by atomic mass is 10.1. The third-order valence-electron chi connectivity index (χ3n) is 3.23. The van der Waals surface area contributed by atoms with Gasteiger partial charge in [0.1, 0.15) is 5.82 Å². The smallest absolute Gasteiger partial charge is 0.125 e. The highest BCUT2D eigenvalue weighted by Crippen LogP contribution is 2.41. The third-order valence-corrected chi connectivity index (χ3v) is 3.54. The van der Waals surface area contributed by atoms with E-state index in [0.29, 0.717) is 10.7 Å². The maximum absolute atomic E-state index is 13.4. The number of fused-ring (bicyclic) bond motifs is 1. The predicted molar refractivity (Wildman–Crippen MR) is 73.0 cm³/mol. The fourth-order valence-corrected chi connectivity index (χ4v) is 2.69. The molecule has 2 N–H and O–H groups in total. The summed E-state index contributed by atoms with van der Waals surface area (Å²) >= 11 is 6.20. The lowest BCUT2D eigenvalue weighted by Gasteiger charge is -2.22. The van der Waals surface area contributed by atoms with Crippen molar-refractivity contribution in [2.24, 2.45) is 0 Å². The van der Waals surface area contributed by atoms with Gasteiger partial charge in [0.05, 0.1) is 16.4 Å². The van der Waals surface area contributed by atoms with Crippen LogP contribution in [0.5, 0.6) is 0 Å². The Hall–Kier alpha value is -1.74. The standard InChI is InChI=1S/C14H12ClFN2/c15-11-2-1-3-12(17)14(11)18-7-6-9-4-5-10(16)8-13(9)18/h1-5,8H,6-7,17H2. The van der Waals surface area contributed by atoms with Gasteiger partial charge in [0.25, 0.3) is 0 Å². The van der Waals surface area contributed by atoms with E-state index >= 15 is 0 Å². The van der Waals surface area contributed by atoms with Crippen molar-refractivity contribution in [2.45, 2.75) is 6.42 Å². The summed E-state index contributed by atoms with van der Waals surface area (Å²) in [6.07, 6.45) is 0.875. The molecule has 3 rings (SSSR count). The van der Waals surface area contributed by atoms with Crippen LogP contribution in [-0.4, -0.2) is 6.54 Å². The number of nitrogens with zero attached hydrogens (tertiary/aromatic N) is 1. The van der Waals surface area contributed by atoms with Crippen LogP contribution in [0.25, 0.3) is 0 Å². The van der Waals surface area contributed by atoms with E-state index in [0.717, 1.165) is 29.9 Å². The number of anilines is 3. The molecule has 0 bridgehead atoms. The van der Waals surface area contributed by atoms with Gasteiger partial charge in [-0.1, -0.05) is 23.7 Å². The van der Waals surface area contributed by atoms with Crippen LogP contribution in [0.2, 0.25) is 5.02 Å². The Bertz CT molecular complexity index is 592. The quantitative estimate of drug-likeness (QED) is 0.793. The van der Waals surface area contributed by atoms with Gasteiger partial charge >= 0.3 is 0 Å². The predicted octanol–water partition coefficient (Wildman–Crippen LogP) is 3.76. The summed E-state index contributed by atoms with van der Waals surface area (Å²) in [5.41, 5.74) is 9.33. The zero-order valence-corrected chi connectivity index (χ0v) is 10.4. The molecular formula is C14H12ClFN2. The van der Waals surface area contributed by atoms with Gasteiger partial charge in [-0.05, 0) is 36.2 Å². The first kappa shape index (κ1) is 11.4. The minimum atomic E-state index is -0.244. The van der Waals surface area contributed by atoms with Gasteiger partial charge in [-0.15, -0.1) is 0 Å². The summed E-state index contributed by atoms with van der Waals surface area (Å²) in [5.74, 6) is -0.244. The average Bonchev–Trinajstić information content (AvgIpc) is 2.72. The highest BCUT2D eigenvalue weighted by Gasteiger charge is 2.24. The number of hydrogen-bond donors (Lipinski definition) is 1. The lowest BCUT2D eigenvalue weighted by molar-refractivity contribution is 0.628. The molecule has 1 aliphatic heterocycles. The number of para-hydroxylation sites is 1. The molecule has 0 atom stereocenters. The number of hydrogen-bond acceptors (Lipinski definition) is 2. The Kier molecular flexibility index (Phi) is 2.63. The first-order chi connectivity index (χ1) is 8.66. The van der Waals surface area contributed by atoms with E-state index in [1.807, 2.05) is 17.0 Å². The molecule has 0 saturated carbocycles. The van der Waals surface area contributed by atoms with E-state index in [2.05, 4.69) is 0 Å². The summed E-state index contributed by atoms with van der Waals surface area (Å²) in [5, 5.41) is 0.590. The summed E-state index contributed by atoms with van der Waals surface area (Å²) in [4.78, 5) is 1.98. The molecule has 2 aromatic carbocycles. The first-order valence-electron chi connectivity index (χ1n) is 5.77. The molecule has 0 saturated heterocycles. The van der Waals surface area contributed by atoms with Crippen molar-refractivity contribution in [3.63, 3.8) is 0 Å². The Labute approximate surface area is 110 Å². The molecular weight excluding hydrogens is 251 g/mol. The molecule has 18 heavy (non-hydrogen) atoms. The van der Waals surface area contributed by atoms with E-state index in [1.54, 1.807) is 12.1 Å². The Morgan fingerprint density at radius 1 is 1.22 bits per heavy atom. The molecule has 1 heterocycles. The van der Waals surface area contributed by atoms with Crippen molar-refractivity contribution in [2.75, 3.05) is 17.2 Å². The number of nitrogen functional groups attached to an aromatic ring is 1. The van der Waals surface area contributed by atoms with Crippen molar-refractivity contribution in [1.29, 1.82) is 0 Å². The Morgan fingerprint density at radius 2 is 2.06 bits per heavy atom. The summed E-state index contributed by atoms with van der Waals surface area (Å²) in [7, 11) is 0. The van der Waals surface area contributed by atoms with Crippen molar-refractivity contribution in [3.8, 4) is 0 Å². The average molecular weight is 263 g/mol. The molecule has 2 aromatic rings. The number of benzene rings is 2. The number of nitrogens with two attached hydrogens (primary N) is 1. The van der Waals surface area contributed by atoms with Crippen LogP contribution in [0.15, 0.2) is 36.4 Å². The van der Waals surface area contributed by atoms with Crippen LogP contribution in [-0.2, 0) is 6.42 Å². The fourth-order valence-electron chi connectivity index (χ4n) is 2.40. The normalized spacial score (nSPS) is 13.8. The van der Waals surface area contributed by atoms with Crippen LogP contribution in [0.1, 0.15) is 5.56 Å². The molecule has 0 aliphatic carbocycles. The molecule has 0 radical (unpaired) electrons. The molecule has 2 nitrogen and oxygen atoms in total. The minimum absolute atomic E-state index is 0.244. The molecule has 0 fully saturated rings. The Balaban J connectivity index is 2.14. The van der Waals surface area contributed by atoms with Crippen LogP contribution in [0.4, 0.5) is 21.5 Å². The van der Waals surface area contributed by atoms with Crippen molar-refractivity contribution < 1.29 is 4.39 Å². The monoisotopic (exact) mass is 262 g/mol. The lowest BCUT2D eigenvalue weighted by Crippen LogP contribution is -2.15. The van der Waals surface area contributed by atoms with Gasteiger partial charge in [0.2, 0.25) is 0 Å². The van der Waals surface area contributed by atoms with E-state index < -0.39 is 0 Å². The second-order valence-corrected chi connectivity index (χ2v) is 4.76. The first-order valence-corrected chi connectivity index (χ1v) is 6.14. The number of halogens is 2. The highest BCUT2D eigenvalue weighted by molar-refractivity contribution is 6.34. The number of rotatable bonds is 1. The molecule has 0 aromatic heterocycles. The van der Waals surface area contributed by atoms with Gasteiger partial charge in [0.15, 0.2) is 0 Å². The second kappa shape index (κ2) is 4.18. The molecule has 0 amide bonds. The van der Waals surface area contributed by atoms with E-state index in [1.165, 1.54) is 12.1 Å². The maximum Gasteiger partial charge on any atom is 0.125 e. The summed E-state index contributed by atoms with van der Waals surface area (Å²) in [6, 6.07) is 10.2. The third kappa shape index (κ3) is 1.71. The van der Waals surface area contributed by atoms with Crippen LogP contribution >= 0.6 is 11.6 Å². The van der Waals surface area contributed by atoms with Crippen molar-refractivity contribution in [3.05, 3.63) is 52.8 Å². The Morgan fingerprint density at radius 3 is 2.83 bits per heavy atom.